The van der Waals surface area contributed by atoms with Crippen LogP contribution in [0.1, 0.15) is 5.56 Å². The Kier molecular flexibility index (Phi) is 5.48. The van der Waals surface area contributed by atoms with Crippen molar-refractivity contribution in [1.29, 1.82) is 0 Å². The summed E-state index contributed by atoms with van der Waals surface area (Å²) >= 11 is 1.14. The minimum atomic E-state index is -3.77. The van der Waals surface area contributed by atoms with Gasteiger partial charge >= 0.3 is 0 Å². The number of nitrogens with one attached hydrogen (secondary N) is 1. The third-order valence-corrected chi connectivity index (χ3v) is 6.27. The van der Waals surface area contributed by atoms with Gasteiger partial charge in [0.2, 0.25) is 0 Å². The zero-order valence-corrected chi connectivity index (χ0v) is 16.0. The van der Waals surface area contributed by atoms with E-state index in [1.54, 1.807) is 54.6 Å². The summed E-state index contributed by atoms with van der Waals surface area (Å²) in [5, 5.41) is 11.2. The molecular weight excluding hydrogens is 384 g/mol. The molecule has 27 heavy (non-hydrogen) atoms. The van der Waals surface area contributed by atoms with Crippen LogP contribution in [-0.4, -0.2) is 13.3 Å². The van der Waals surface area contributed by atoms with Gasteiger partial charge in [0, 0.05) is 11.0 Å². The summed E-state index contributed by atoms with van der Waals surface area (Å²) in [4.78, 5) is 11.9. The minimum Gasteiger partial charge on any atom is -0.278 e. The fourth-order valence-corrected chi connectivity index (χ4v) is 4.52. The predicted octanol–water partition coefficient (Wildman–Crippen LogP) is 4.86. The second-order valence-electron chi connectivity index (χ2n) is 5.74. The van der Waals surface area contributed by atoms with Crippen molar-refractivity contribution in [1.82, 2.24) is 0 Å². The summed E-state index contributed by atoms with van der Waals surface area (Å²) in [5.41, 5.74) is 1.29. The monoisotopic (exact) mass is 400 g/mol. The quantitative estimate of drug-likeness (QED) is 0.472. The van der Waals surface area contributed by atoms with E-state index < -0.39 is 14.9 Å². The van der Waals surface area contributed by atoms with E-state index >= 15 is 0 Å². The lowest BCUT2D eigenvalue weighted by molar-refractivity contribution is -0.387. The van der Waals surface area contributed by atoms with Crippen LogP contribution in [0.25, 0.3) is 0 Å². The number of nitro benzene ring substituents is 1. The Morgan fingerprint density at radius 2 is 1.48 bits per heavy atom. The van der Waals surface area contributed by atoms with Crippen LogP contribution in [0.15, 0.2) is 87.5 Å². The number of hydrogen-bond acceptors (Lipinski definition) is 5. The minimum absolute atomic E-state index is 0.0290. The van der Waals surface area contributed by atoms with Crippen molar-refractivity contribution in [3.63, 3.8) is 0 Å². The summed E-state index contributed by atoms with van der Waals surface area (Å²) < 4.78 is 27.9. The number of aryl methyl sites for hydroxylation is 1. The third-order valence-electron chi connectivity index (χ3n) is 3.74. The fourth-order valence-electron chi connectivity index (χ4n) is 2.37. The lowest BCUT2D eigenvalue weighted by Gasteiger charge is -2.12. The zero-order chi connectivity index (χ0) is 19.4. The molecule has 0 aliphatic rings. The first-order chi connectivity index (χ1) is 12.9. The van der Waals surface area contributed by atoms with Gasteiger partial charge in [0.1, 0.15) is 0 Å². The van der Waals surface area contributed by atoms with Crippen molar-refractivity contribution in [3.05, 3.63) is 88.5 Å². The molecule has 0 unspecified atom stereocenters. The molecule has 0 bridgehead atoms. The topological polar surface area (TPSA) is 89.3 Å². The number of nitrogens with zero attached hydrogens (tertiary/aromatic N) is 1. The molecule has 0 saturated carbocycles. The van der Waals surface area contributed by atoms with E-state index in [0.717, 1.165) is 17.3 Å². The number of anilines is 1. The summed E-state index contributed by atoms with van der Waals surface area (Å²) in [6, 6.07) is 19.7. The second kappa shape index (κ2) is 7.81. The van der Waals surface area contributed by atoms with Crippen molar-refractivity contribution in [2.75, 3.05) is 4.72 Å². The highest BCUT2D eigenvalue weighted by Crippen LogP contribution is 2.38. The van der Waals surface area contributed by atoms with Gasteiger partial charge < -0.3 is 0 Å². The number of nitro groups is 1. The van der Waals surface area contributed by atoms with E-state index in [-0.39, 0.29) is 10.6 Å². The first kappa shape index (κ1) is 18.9. The van der Waals surface area contributed by atoms with Crippen molar-refractivity contribution < 1.29 is 13.3 Å². The molecular formula is C19H16N2O4S2. The molecule has 0 fully saturated rings. The maximum atomic E-state index is 12.7. The number of benzene rings is 3. The van der Waals surface area contributed by atoms with Gasteiger partial charge in [0.25, 0.3) is 15.7 Å². The molecule has 0 amide bonds. The van der Waals surface area contributed by atoms with Crippen molar-refractivity contribution in [2.24, 2.45) is 0 Å². The number of sulfonamides is 1. The van der Waals surface area contributed by atoms with Gasteiger partial charge in [-0.2, -0.15) is 0 Å². The van der Waals surface area contributed by atoms with Crippen LogP contribution >= 0.6 is 11.8 Å². The number of rotatable bonds is 6. The van der Waals surface area contributed by atoms with Crippen LogP contribution in [0.5, 0.6) is 0 Å². The first-order valence-electron chi connectivity index (χ1n) is 7.96. The van der Waals surface area contributed by atoms with Crippen LogP contribution in [0.3, 0.4) is 0 Å². The molecule has 8 heteroatoms. The average Bonchev–Trinajstić information content (AvgIpc) is 2.64. The van der Waals surface area contributed by atoms with Gasteiger partial charge in [0.15, 0.2) is 0 Å². The van der Waals surface area contributed by atoms with Crippen LogP contribution in [0, 0.1) is 17.0 Å². The molecule has 0 saturated heterocycles. The van der Waals surface area contributed by atoms with E-state index in [0.29, 0.717) is 15.5 Å². The molecule has 0 aliphatic carbocycles. The molecule has 138 valence electrons. The lowest BCUT2D eigenvalue weighted by atomic mass is 10.2. The lowest BCUT2D eigenvalue weighted by Crippen LogP contribution is -2.13. The standard InChI is InChI=1S/C19H16N2O4S2/c1-14-10-12-15(13-11-14)27(24,25)20-16-6-2-4-8-18(16)26-19-9-5-3-7-17(19)21(22)23/h2-13,20H,1H3. The highest BCUT2D eigenvalue weighted by atomic mass is 32.2. The maximum Gasteiger partial charge on any atom is 0.283 e. The molecule has 0 radical (unpaired) electrons. The van der Waals surface area contributed by atoms with Gasteiger partial charge in [-0.3, -0.25) is 14.8 Å². The maximum absolute atomic E-state index is 12.7. The van der Waals surface area contributed by atoms with E-state index in [1.165, 1.54) is 18.2 Å². The van der Waals surface area contributed by atoms with E-state index in [4.69, 9.17) is 0 Å². The normalized spacial score (nSPS) is 11.1. The Morgan fingerprint density at radius 3 is 2.15 bits per heavy atom. The van der Waals surface area contributed by atoms with Gasteiger partial charge in [-0.05, 0) is 37.3 Å². The van der Waals surface area contributed by atoms with Gasteiger partial charge in [0.05, 0.1) is 20.4 Å². The van der Waals surface area contributed by atoms with Crippen LogP contribution < -0.4 is 4.72 Å². The van der Waals surface area contributed by atoms with E-state index in [9.17, 15) is 18.5 Å². The predicted molar refractivity (Wildman–Crippen MR) is 106 cm³/mol. The Morgan fingerprint density at radius 1 is 0.889 bits per heavy atom. The SMILES string of the molecule is Cc1ccc(S(=O)(=O)Nc2ccccc2Sc2ccccc2[N+](=O)[O-])cc1. The van der Waals surface area contributed by atoms with Crippen molar-refractivity contribution in [3.8, 4) is 0 Å². The smallest absolute Gasteiger partial charge is 0.278 e. The summed E-state index contributed by atoms with van der Waals surface area (Å²) in [7, 11) is -3.77. The molecule has 0 atom stereocenters. The highest BCUT2D eigenvalue weighted by Gasteiger charge is 2.18. The fraction of sp³-hybridized carbons (Fsp3) is 0.0526. The Labute approximate surface area is 161 Å². The zero-order valence-electron chi connectivity index (χ0n) is 14.3. The molecule has 0 aliphatic heterocycles. The molecule has 1 N–H and O–H groups in total. The second-order valence-corrected chi connectivity index (χ2v) is 8.51. The Bertz CT molecular complexity index is 1080. The molecule has 3 rings (SSSR count). The molecule has 6 nitrogen and oxygen atoms in total. The van der Waals surface area contributed by atoms with Crippen LogP contribution in [-0.2, 0) is 10.0 Å². The molecule has 3 aromatic rings. The Balaban J connectivity index is 1.93. The molecule has 3 aromatic carbocycles. The highest BCUT2D eigenvalue weighted by molar-refractivity contribution is 7.99. The molecule has 0 spiro atoms. The molecule has 0 heterocycles. The molecule has 0 aromatic heterocycles. The number of para-hydroxylation sites is 2. The van der Waals surface area contributed by atoms with Crippen molar-refractivity contribution in [2.45, 2.75) is 21.6 Å². The van der Waals surface area contributed by atoms with Gasteiger partial charge in [-0.15, -0.1) is 0 Å². The Hall–Kier alpha value is -2.84. The van der Waals surface area contributed by atoms with E-state index in [1.807, 2.05) is 6.92 Å². The van der Waals surface area contributed by atoms with Crippen LogP contribution in [0.2, 0.25) is 0 Å². The summed E-state index contributed by atoms with van der Waals surface area (Å²) in [5.74, 6) is 0. The average molecular weight is 400 g/mol. The van der Waals surface area contributed by atoms with Gasteiger partial charge in [-0.25, -0.2) is 8.42 Å². The number of hydrogen-bond donors (Lipinski definition) is 1. The first-order valence-corrected chi connectivity index (χ1v) is 10.3. The third kappa shape index (κ3) is 4.47. The van der Waals surface area contributed by atoms with Gasteiger partial charge in [-0.1, -0.05) is 53.7 Å². The van der Waals surface area contributed by atoms with Crippen LogP contribution in [0.4, 0.5) is 11.4 Å². The van der Waals surface area contributed by atoms with Crippen molar-refractivity contribution >= 4 is 33.2 Å². The van der Waals surface area contributed by atoms with E-state index in [2.05, 4.69) is 4.72 Å². The summed E-state index contributed by atoms with van der Waals surface area (Å²) in [6.45, 7) is 1.88. The largest absolute Gasteiger partial charge is 0.283 e. The summed E-state index contributed by atoms with van der Waals surface area (Å²) in [6.07, 6.45) is 0.